The van der Waals surface area contributed by atoms with Crippen LogP contribution in [0.1, 0.15) is 39.2 Å². The molecule has 3 heteroatoms. The molecule has 0 aliphatic rings. The molecule has 0 radical (unpaired) electrons. The third-order valence-corrected chi connectivity index (χ3v) is 1.79. The Morgan fingerprint density at radius 1 is 1.23 bits per heavy atom. The third kappa shape index (κ3) is 2.68. The Balaban J connectivity index is 2.91. The molecule has 1 aromatic rings. The van der Waals surface area contributed by atoms with Crippen molar-refractivity contribution in [3.05, 3.63) is 18.1 Å². The smallest absolute Gasteiger partial charge is 0.133 e. The summed E-state index contributed by atoms with van der Waals surface area (Å²) in [5, 5.41) is 3.30. The summed E-state index contributed by atoms with van der Waals surface area (Å²) >= 11 is 0. The fourth-order valence-electron chi connectivity index (χ4n) is 1.16. The maximum Gasteiger partial charge on any atom is 0.133 e. The van der Waals surface area contributed by atoms with Crippen molar-refractivity contribution in [3.8, 4) is 0 Å². The number of nitrogens with zero attached hydrogens (tertiary/aromatic N) is 2. The van der Waals surface area contributed by atoms with Crippen LogP contribution < -0.4 is 5.32 Å². The van der Waals surface area contributed by atoms with Crippen molar-refractivity contribution >= 4 is 5.82 Å². The lowest BCUT2D eigenvalue weighted by atomic mass is 10.1. The van der Waals surface area contributed by atoms with Crippen LogP contribution in [0.25, 0.3) is 0 Å². The molecule has 0 unspecified atom stereocenters. The van der Waals surface area contributed by atoms with Gasteiger partial charge in [0.15, 0.2) is 0 Å². The standard InChI is InChI=1S/C10H17N3/c1-7(2)9-5-11-6-12-10(9)13-8(3)4/h5-8H,1-4H3,(H,11,12,13). The number of nitrogens with one attached hydrogen (secondary N) is 1. The van der Waals surface area contributed by atoms with Gasteiger partial charge in [-0.1, -0.05) is 13.8 Å². The first kappa shape index (κ1) is 9.96. The molecule has 0 fully saturated rings. The molecule has 1 N–H and O–H groups in total. The van der Waals surface area contributed by atoms with E-state index in [0.29, 0.717) is 12.0 Å². The van der Waals surface area contributed by atoms with Crippen LogP contribution in [0.5, 0.6) is 0 Å². The summed E-state index contributed by atoms with van der Waals surface area (Å²) in [5.74, 6) is 1.42. The molecule has 3 nitrogen and oxygen atoms in total. The van der Waals surface area contributed by atoms with Gasteiger partial charge in [0.2, 0.25) is 0 Å². The number of aromatic nitrogens is 2. The normalized spacial score (nSPS) is 10.9. The lowest BCUT2D eigenvalue weighted by Crippen LogP contribution is -2.13. The number of rotatable bonds is 3. The first-order chi connectivity index (χ1) is 6.11. The Bertz CT molecular complexity index is 269. The van der Waals surface area contributed by atoms with E-state index < -0.39 is 0 Å². The molecule has 1 heterocycles. The van der Waals surface area contributed by atoms with E-state index in [1.807, 2.05) is 6.20 Å². The minimum Gasteiger partial charge on any atom is -0.368 e. The van der Waals surface area contributed by atoms with Crippen molar-refractivity contribution in [2.45, 2.75) is 39.7 Å². The van der Waals surface area contributed by atoms with E-state index in [9.17, 15) is 0 Å². The molecule has 0 amide bonds. The fourth-order valence-corrected chi connectivity index (χ4v) is 1.16. The summed E-state index contributed by atoms with van der Waals surface area (Å²) < 4.78 is 0. The first-order valence-electron chi connectivity index (χ1n) is 4.67. The lowest BCUT2D eigenvalue weighted by Gasteiger charge is -2.14. The van der Waals surface area contributed by atoms with Crippen LogP contribution in [0, 0.1) is 0 Å². The van der Waals surface area contributed by atoms with Crippen LogP contribution in [0.15, 0.2) is 12.5 Å². The molecule has 0 saturated heterocycles. The van der Waals surface area contributed by atoms with Gasteiger partial charge in [0, 0.05) is 17.8 Å². The predicted octanol–water partition coefficient (Wildman–Crippen LogP) is 2.42. The SMILES string of the molecule is CC(C)Nc1ncncc1C(C)C. The zero-order valence-corrected chi connectivity index (χ0v) is 8.70. The van der Waals surface area contributed by atoms with Gasteiger partial charge >= 0.3 is 0 Å². The van der Waals surface area contributed by atoms with Crippen molar-refractivity contribution in [1.29, 1.82) is 0 Å². The summed E-state index contributed by atoms with van der Waals surface area (Å²) in [6, 6.07) is 0.410. The monoisotopic (exact) mass is 179 g/mol. The molecule has 0 aromatic carbocycles. The highest BCUT2D eigenvalue weighted by atomic mass is 15.0. The molecule has 1 aromatic heterocycles. The molecule has 13 heavy (non-hydrogen) atoms. The molecular formula is C10H17N3. The van der Waals surface area contributed by atoms with Gasteiger partial charge in [-0.3, -0.25) is 0 Å². The van der Waals surface area contributed by atoms with Crippen LogP contribution in [-0.2, 0) is 0 Å². The number of hydrogen-bond acceptors (Lipinski definition) is 3. The Morgan fingerprint density at radius 3 is 2.46 bits per heavy atom. The fraction of sp³-hybridized carbons (Fsp3) is 0.600. The van der Waals surface area contributed by atoms with Crippen molar-refractivity contribution in [2.24, 2.45) is 0 Å². The second-order valence-electron chi connectivity index (χ2n) is 3.78. The predicted molar refractivity (Wildman–Crippen MR) is 54.9 cm³/mol. The van der Waals surface area contributed by atoms with E-state index >= 15 is 0 Å². The van der Waals surface area contributed by atoms with Crippen LogP contribution in [0.2, 0.25) is 0 Å². The van der Waals surface area contributed by atoms with Gasteiger partial charge in [-0.2, -0.15) is 0 Å². The number of anilines is 1. The number of hydrogen-bond donors (Lipinski definition) is 1. The largest absolute Gasteiger partial charge is 0.368 e. The molecule has 0 atom stereocenters. The zero-order chi connectivity index (χ0) is 9.84. The van der Waals surface area contributed by atoms with Gasteiger partial charge in [-0.25, -0.2) is 9.97 Å². The highest BCUT2D eigenvalue weighted by molar-refractivity contribution is 5.44. The second kappa shape index (κ2) is 4.21. The van der Waals surface area contributed by atoms with Crippen LogP contribution in [-0.4, -0.2) is 16.0 Å². The molecule has 0 aliphatic heterocycles. The molecule has 0 spiro atoms. The second-order valence-corrected chi connectivity index (χ2v) is 3.78. The molecular weight excluding hydrogens is 162 g/mol. The summed E-state index contributed by atoms with van der Waals surface area (Å²) in [7, 11) is 0. The van der Waals surface area contributed by atoms with E-state index in [1.54, 1.807) is 6.33 Å². The topological polar surface area (TPSA) is 37.8 Å². The Hall–Kier alpha value is -1.12. The van der Waals surface area contributed by atoms with Gasteiger partial charge in [-0.05, 0) is 19.8 Å². The summed E-state index contributed by atoms with van der Waals surface area (Å²) in [6.45, 7) is 8.49. The zero-order valence-electron chi connectivity index (χ0n) is 8.70. The highest BCUT2D eigenvalue weighted by Crippen LogP contribution is 2.20. The minimum atomic E-state index is 0.410. The maximum absolute atomic E-state index is 4.22. The van der Waals surface area contributed by atoms with E-state index in [2.05, 4.69) is 43.0 Å². The Morgan fingerprint density at radius 2 is 1.92 bits per heavy atom. The van der Waals surface area contributed by atoms with E-state index in [1.165, 1.54) is 5.56 Å². The van der Waals surface area contributed by atoms with Gasteiger partial charge < -0.3 is 5.32 Å². The molecule has 0 bridgehead atoms. The molecule has 0 saturated carbocycles. The Labute approximate surface area is 79.6 Å². The molecule has 72 valence electrons. The van der Waals surface area contributed by atoms with Gasteiger partial charge in [-0.15, -0.1) is 0 Å². The minimum absolute atomic E-state index is 0.410. The average molecular weight is 179 g/mol. The van der Waals surface area contributed by atoms with Crippen molar-refractivity contribution in [2.75, 3.05) is 5.32 Å². The summed E-state index contributed by atoms with van der Waals surface area (Å²) in [5.41, 5.74) is 1.18. The van der Waals surface area contributed by atoms with E-state index in [0.717, 1.165) is 5.82 Å². The van der Waals surface area contributed by atoms with E-state index in [-0.39, 0.29) is 0 Å². The maximum atomic E-state index is 4.22. The van der Waals surface area contributed by atoms with Gasteiger partial charge in [0.25, 0.3) is 0 Å². The third-order valence-electron chi connectivity index (χ3n) is 1.79. The van der Waals surface area contributed by atoms with Crippen LogP contribution >= 0.6 is 0 Å². The van der Waals surface area contributed by atoms with Crippen molar-refractivity contribution < 1.29 is 0 Å². The van der Waals surface area contributed by atoms with Crippen LogP contribution in [0.3, 0.4) is 0 Å². The average Bonchev–Trinajstić information content (AvgIpc) is 2.03. The highest BCUT2D eigenvalue weighted by Gasteiger charge is 2.07. The summed E-state index contributed by atoms with van der Waals surface area (Å²) in [6.07, 6.45) is 3.46. The molecule has 1 rings (SSSR count). The molecule has 0 aliphatic carbocycles. The van der Waals surface area contributed by atoms with Gasteiger partial charge in [0.1, 0.15) is 12.1 Å². The van der Waals surface area contributed by atoms with Crippen molar-refractivity contribution in [1.82, 2.24) is 9.97 Å². The first-order valence-corrected chi connectivity index (χ1v) is 4.67. The van der Waals surface area contributed by atoms with Gasteiger partial charge in [0.05, 0.1) is 0 Å². The summed E-state index contributed by atoms with van der Waals surface area (Å²) in [4.78, 5) is 8.24. The van der Waals surface area contributed by atoms with E-state index in [4.69, 9.17) is 0 Å². The lowest BCUT2D eigenvalue weighted by molar-refractivity contribution is 0.823. The Kier molecular flexibility index (Phi) is 3.23. The van der Waals surface area contributed by atoms with Crippen molar-refractivity contribution in [3.63, 3.8) is 0 Å². The quantitative estimate of drug-likeness (QED) is 0.774. The van der Waals surface area contributed by atoms with Crippen LogP contribution in [0.4, 0.5) is 5.82 Å².